The quantitative estimate of drug-likeness (QED) is 0.136. The number of carbonyl (C=O) groups excluding carboxylic acids is 1. The number of rotatable bonds is 19. The van der Waals surface area contributed by atoms with E-state index in [0.717, 1.165) is 48.2 Å². The maximum Gasteiger partial charge on any atom is 0.153 e. The molecule has 2 atom stereocenters. The average molecular weight is 525 g/mol. The molecule has 0 amide bonds. The van der Waals surface area contributed by atoms with E-state index in [9.17, 15) is 4.79 Å². The number of benzene rings is 2. The van der Waals surface area contributed by atoms with Gasteiger partial charge in [-0.1, -0.05) is 78.4 Å². The Kier molecular flexibility index (Phi) is 14.4. The molecule has 38 heavy (non-hydrogen) atoms. The zero-order chi connectivity index (χ0) is 27.8. The molecule has 210 valence electrons. The van der Waals surface area contributed by atoms with Gasteiger partial charge >= 0.3 is 0 Å². The summed E-state index contributed by atoms with van der Waals surface area (Å²) in [5.74, 6) is 3.78. The van der Waals surface area contributed by atoms with Crippen LogP contribution in [0.15, 0.2) is 30.3 Å². The molecule has 0 saturated carbocycles. The van der Waals surface area contributed by atoms with E-state index in [1.54, 1.807) is 20.3 Å². The largest absolute Gasteiger partial charge is 0.497 e. The molecule has 2 unspecified atom stereocenters. The number of hydrogen-bond acceptors (Lipinski definition) is 5. The van der Waals surface area contributed by atoms with E-state index in [0.29, 0.717) is 42.1 Å². The van der Waals surface area contributed by atoms with Crippen LogP contribution in [0, 0.1) is 11.8 Å². The van der Waals surface area contributed by atoms with Gasteiger partial charge in [-0.2, -0.15) is 0 Å². The summed E-state index contributed by atoms with van der Waals surface area (Å²) >= 11 is 0. The third-order valence-corrected chi connectivity index (χ3v) is 7.18. The normalized spacial score (nSPS) is 12.8. The molecule has 2 rings (SSSR count). The molecule has 0 spiro atoms. The molecule has 0 heterocycles. The molecule has 0 saturated heterocycles. The highest BCUT2D eigenvalue weighted by atomic mass is 16.5. The highest BCUT2D eigenvalue weighted by Crippen LogP contribution is 2.32. The first-order valence-corrected chi connectivity index (χ1v) is 14.3. The molecule has 0 bridgehead atoms. The van der Waals surface area contributed by atoms with Crippen LogP contribution in [-0.4, -0.2) is 33.7 Å². The molecular weight excluding hydrogens is 476 g/mol. The number of carbonyl (C=O) groups is 1. The van der Waals surface area contributed by atoms with Crippen molar-refractivity contribution >= 4 is 18.4 Å². The van der Waals surface area contributed by atoms with E-state index in [1.165, 1.54) is 32.1 Å². The van der Waals surface area contributed by atoms with Gasteiger partial charge in [-0.25, -0.2) is 0 Å². The maximum atomic E-state index is 11.8. The number of aldehydes is 1. The lowest BCUT2D eigenvalue weighted by atomic mass is 10.0. The molecule has 0 radical (unpaired) electrons. The summed E-state index contributed by atoms with van der Waals surface area (Å²) in [7, 11) is 3.27. The second kappa shape index (κ2) is 17.5. The van der Waals surface area contributed by atoms with E-state index in [1.807, 2.05) is 36.4 Å². The van der Waals surface area contributed by atoms with E-state index in [4.69, 9.17) is 18.9 Å². The van der Waals surface area contributed by atoms with Gasteiger partial charge in [0.2, 0.25) is 0 Å². The van der Waals surface area contributed by atoms with Gasteiger partial charge in [-0.15, -0.1) is 0 Å². The Labute approximate surface area is 230 Å². The van der Waals surface area contributed by atoms with E-state index in [-0.39, 0.29) is 0 Å². The van der Waals surface area contributed by atoms with Crippen molar-refractivity contribution in [2.45, 2.75) is 79.1 Å². The average Bonchev–Trinajstić information content (AvgIpc) is 2.96. The van der Waals surface area contributed by atoms with Crippen LogP contribution in [0.25, 0.3) is 12.2 Å². The van der Waals surface area contributed by atoms with Crippen molar-refractivity contribution in [1.29, 1.82) is 0 Å². The lowest BCUT2D eigenvalue weighted by molar-refractivity contribution is 0.111. The minimum Gasteiger partial charge on any atom is -0.497 e. The van der Waals surface area contributed by atoms with Gasteiger partial charge in [0.1, 0.15) is 23.0 Å². The zero-order valence-electron chi connectivity index (χ0n) is 24.4. The lowest BCUT2D eigenvalue weighted by Gasteiger charge is -2.18. The van der Waals surface area contributed by atoms with E-state index >= 15 is 0 Å². The van der Waals surface area contributed by atoms with E-state index in [2.05, 4.69) is 27.7 Å². The number of ether oxygens (including phenoxy) is 4. The molecule has 0 aliphatic carbocycles. The molecule has 0 N–H and O–H groups in total. The smallest absolute Gasteiger partial charge is 0.153 e. The standard InChI is InChI=1S/C33H48O5/c1-7-11-13-25(9-3)23-37-31-18-17-30(35-5)19-27(31)15-16-28-20-33(29(22-34)21-32(28)36-6)38-24-26(10-4)14-12-8-2/h15-22,25-26H,7-14,23-24H2,1-6H3/b16-15+. The van der Waals surface area contributed by atoms with Crippen molar-refractivity contribution in [3.05, 3.63) is 47.0 Å². The third kappa shape index (κ3) is 9.74. The monoisotopic (exact) mass is 524 g/mol. The number of methoxy groups -OCH3 is 2. The van der Waals surface area contributed by atoms with Crippen LogP contribution in [0.3, 0.4) is 0 Å². The van der Waals surface area contributed by atoms with Crippen LogP contribution in [0.1, 0.15) is 101 Å². The van der Waals surface area contributed by atoms with Gasteiger partial charge in [0.25, 0.3) is 0 Å². The van der Waals surface area contributed by atoms with Gasteiger partial charge in [-0.3, -0.25) is 4.79 Å². The molecule has 0 aliphatic heterocycles. The first-order chi connectivity index (χ1) is 18.5. The summed E-state index contributed by atoms with van der Waals surface area (Å²) in [5, 5.41) is 0. The highest BCUT2D eigenvalue weighted by Gasteiger charge is 2.14. The summed E-state index contributed by atoms with van der Waals surface area (Å²) in [6.45, 7) is 10.1. The molecule has 0 aromatic heterocycles. The van der Waals surface area contributed by atoms with Crippen molar-refractivity contribution in [3.63, 3.8) is 0 Å². The van der Waals surface area contributed by atoms with Gasteiger partial charge < -0.3 is 18.9 Å². The Bertz CT molecular complexity index is 997. The summed E-state index contributed by atoms with van der Waals surface area (Å²) in [6.07, 6.45) is 14.0. The first kappa shape index (κ1) is 31.3. The predicted molar refractivity (Wildman–Crippen MR) is 158 cm³/mol. The molecule has 0 aliphatic rings. The van der Waals surface area contributed by atoms with Crippen LogP contribution in [0.2, 0.25) is 0 Å². The van der Waals surface area contributed by atoms with E-state index < -0.39 is 0 Å². The van der Waals surface area contributed by atoms with Crippen molar-refractivity contribution < 1.29 is 23.7 Å². The molecule has 2 aromatic rings. The van der Waals surface area contributed by atoms with Crippen molar-refractivity contribution in [1.82, 2.24) is 0 Å². The van der Waals surface area contributed by atoms with Gasteiger partial charge in [0.05, 0.1) is 33.0 Å². The van der Waals surface area contributed by atoms with Crippen molar-refractivity contribution in [3.8, 4) is 23.0 Å². The van der Waals surface area contributed by atoms with Crippen LogP contribution in [-0.2, 0) is 0 Å². The fourth-order valence-electron chi connectivity index (χ4n) is 4.42. The zero-order valence-corrected chi connectivity index (χ0v) is 24.4. The topological polar surface area (TPSA) is 54.0 Å². The summed E-state index contributed by atoms with van der Waals surface area (Å²) in [6, 6.07) is 9.51. The minimum atomic E-state index is 0.469. The van der Waals surface area contributed by atoms with Gasteiger partial charge in [-0.05, 0) is 55.0 Å². The van der Waals surface area contributed by atoms with Gasteiger partial charge in [0, 0.05) is 11.1 Å². The Morgan fingerprint density at radius 2 is 1.24 bits per heavy atom. The van der Waals surface area contributed by atoms with Gasteiger partial charge in [0.15, 0.2) is 6.29 Å². The summed E-state index contributed by atoms with van der Waals surface area (Å²) in [5.41, 5.74) is 2.24. The number of unbranched alkanes of at least 4 members (excludes halogenated alkanes) is 2. The fraction of sp³-hybridized carbons (Fsp3) is 0.545. The Morgan fingerprint density at radius 1 is 0.684 bits per heavy atom. The molecule has 0 fully saturated rings. The second-order valence-electron chi connectivity index (χ2n) is 9.94. The number of hydrogen-bond donors (Lipinski definition) is 0. The summed E-state index contributed by atoms with van der Waals surface area (Å²) < 4.78 is 23.6. The minimum absolute atomic E-state index is 0.469. The van der Waals surface area contributed by atoms with Crippen LogP contribution in [0.4, 0.5) is 0 Å². The SMILES string of the molecule is CCCCC(CC)COc1cc(/C=C/c2cc(OC)ccc2OCC(CC)CCCC)c(OC)cc1C=O. The van der Waals surface area contributed by atoms with Crippen molar-refractivity contribution in [2.24, 2.45) is 11.8 Å². The third-order valence-electron chi connectivity index (χ3n) is 7.18. The highest BCUT2D eigenvalue weighted by molar-refractivity contribution is 5.84. The molecular formula is C33H48O5. The predicted octanol–water partition coefficient (Wildman–Crippen LogP) is 8.88. The fourth-order valence-corrected chi connectivity index (χ4v) is 4.42. The Balaban J connectivity index is 2.32. The Hall–Kier alpha value is -2.95. The molecule has 5 heteroatoms. The summed E-state index contributed by atoms with van der Waals surface area (Å²) in [4.78, 5) is 11.8. The van der Waals surface area contributed by atoms with Crippen LogP contribution < -0.4 is 18.9 Å². The second-order valence-corrected chi connectivity index (χ2v) is 9.94. The molecule has 5 nitrogen and oxygen atoms in total. The molecule has 2 aromatic carbocycles. The lowest BCUT2D eigenvalue weighted by Crippen LogP contribution is -2.12. The van der Waals surface area contributed by atoms with Crippen LogP contribution in [0.5, 0.6) is 23.0 Å². The maximum absolute atomic E-state index is 11.8. The van der Waals surface area contributed by atoms with Crippen molar-refractivity contribution in [2.75, 3.05) is 27.4 Å². The van der Waals surface area contributed by atoms with Crippen LogP contribution >= 0.6 is 0 Å². The first-order valence-electron chi connectivity index (χ1n) is 14.3. The Morgan fingerprint density at radius 3 is 1.74 bits per heavy atom.